The summed E-state index contributed by atoms with van der Waals surface area (Å²) in [6, 6.07) is 26.8. The van der Waals surface area contributed by atoms with Gasteiger partial charge in [0.15, 0.2) is 0 Å². The van der Waals surface area contributed by atoms with Crippen LogP contribution in [0.3, 0.4) is 0 Å². The molecule has 0 aliphatic rings. The fourth-order valence-corrected chi connectivity index (χ4v) is 4.48. The Morgan fingerprint density at radius 3 is 2.38 bits per heavy atom. The van der Waals surface area contributed by atoms with Gasteiger partial charge in [0.25, 0.3) is 0 Å². The van der Waals surface area contributed by atoms with E-state index in [-0.39, 0.29) is 11.3 Å². The maximum absolute atomic E-state index is 12.3. The average Bonchev–Trinajstić information content (AvgIpc) is 3.25. The lowest BCUT2D eigenvalue weighted by atomic mass is 9.87. The number of carbonyl (C=O) groups is 1. The summed E-state index contributed by atoms with van der Waals surface area (Å²) in [5, 5.41) is 3.07. The van der Waals surface area contributed by atoms with Gasteiger partial charge in [0, 0.05) is 25.9 Å². The van der Waals surface area contributed by atoms with Crippen LogP contribution in [-0.2, 0) is 29.6 Å². The summed E-state index contributed by atoms with van der Waals surface area (Å²) in [6.07, 6.45) is 3.93. The highest BCUT2D eigenvalue weighted by Gasteiger charge is 2.13. The lowest BCUT2D eigenvalue weighted by Gasteiger charge is -2.19. The molecule has 0 fully saturated rings. The highest BCUT2D eigenvalue weighted by Crippen LogP contribution is 2.24. The van der Waals surface area contributed by atoms with Crippen LogP contribution in [0.15, 0.2) is 78.9 Å². The molecule has 0 saturated carbocycles. The van der Waals surface area contributed by atoms with Gasteiger partial charge in [0.2, 0.25) is 5.91 Å². The van der Waals surface area contributed by atoms with E-state index in [0.29, 0.717) is 26.0 Å². The summed E-state index contributed by atoms with van der Waals surface area (Å²) in [5.41, 5.74) is 4.79. The Balaban J connectivity index is 1.25. The molecular formula is C32H39N3O2. The first kappa shape index (κ1) is 26.5. The summed E-state index contributed by atoms with van der Waals surface area (Å²) in [5.74, 6) is 2.02. The summed E-state index contributed by atoms with van der Waals surface area (Å²) < 4.78 is 8.28. The number of amides is 1. The Morgan fingerprint density at radius 2 is 1.62 bits per heavy atom. The van der Waals surface area contributed by atoms with E-state index >= 15 is 0 Å². The van der Waals surface area contributed by atoms with Gasteiger partial charge in [-0.3, -0.25) is 4.79 Å². The third kappa shape index (κ3) is 7.69. The number of nitrogens with one attached hydrogen (secondary N) is 1. The van der Waals surface area contributed by atoms with Crippen molar-refractivity contribution >= 4 is 16.9 Å². The molecule has 0 aliphatic carbocycles. The van der Waals surface area contributed by atoms with Crippen LogP contribution in [0, 0.1) is 0 Å². The van der Waals surface area contributed by atoms with Gasteiger partial charge in [-0.2, -0.15) is 0 Å². The Hall–Kier alpha value is -3.60. The van der Waals surface area contributed by atoms with Crippen LogP contribution in [0.25, 0.3) is 11.0 Å². The second-order valence-corrected chi connectivity index (χ2v) is 10.6. The second kappa shape index (κ2) is 12.6. The van der Waals surface area contributed by atoms with Crippen LogP contribution >= 0.6 is 0 Å². The molecule has 0 spiro atoms. The number of carbonyl (C=O) groups excluding carboxylic acids is 1. The average molecular weight is 498 g/mol. The third-order valence-electron chi connectivity index (χ3n) is 6.65. The van der Waals surface area contributed by atoms with Gasteiger partial charge in [-0.15, -0.1) is 0 Å². The molecule has 194 valence electrons. The Labute approximate surface area is 220 Å². The number of nitrogens with zero attached hydrogens (tertiary/aromatic N) is 2. The van der Waals surface area contributed by atoms with Gasteiger partial charge >= 0.3 is 0 Å². The number of unbranched alkanes of at least 4 members (excludes halogenated alkanes) is 1. The molecule has 0 atom stereocenters. The summed E-state index contributed by atoms with van der Waals surface area (Å²) in [7, 11) is 0. The normalized spacial score (nSPS) is 11.5. The number of rotatable bonds is 12. The predicted molar refractivity (Wildman–Crippen MR) is 151 cm³/mol. The first-order chi connectivity index (χ1) is 17.9. The second-order valence-electron chi connectivity index (χ2n) is 10.6. The molecule has 1 amide bonds. The standard InChI is InChI=1S/C32H39N3O2/c1-32(2,3)26-16-18-27(19-17-26)37-24-10-9-23-35-29-14-8-7-13-28(29)34-30(35)21-22-33-31(36)20-15-25-11-5-4-6-12-25/h4-8,11-14,16-19H,9-10,15,20-24H2,1-3H3,(H,33,36). The molecule has 5 nitrogen and oxygen atoms in total. The van der Waals surface area contributed by atoms with E-state index in [1.54, 1.807) is 0 Å². The number of para-hydroxylation sites is 2. The van der Waals surface area contributed by atoms with Crippen LogP contribution in [-0.4, -0.2) is 28.6 Å². The maximum Gasteiger partial charge on any atom is 0.220 e. The van der Waals surface area contributed by atoms with Crippen LogP contribution in [0.1, 0.15) is 57.0 Å². The highest BCUT2D eigenvalue weighted by molar-refractivity contribution is 5.77. The maximum atomic E-state index is 12.3. The van der Waals surface area contributed by atoms with Crippen molar-refractivity contribution in [2.24, 2.45) is 0 Å². The largest absolute Gasteiger partial charge is 0.494 e. The minimum atomic E-state index is 0.0826. The van der Waals surface area contributed by atoms with E-state index in [2.05, 4.69) is 85.3 Å². The fourth-order valence-electron chi connectivity index (χ4n) is 4.48. The number of benzene rings is 3. The summed E-state index contributed by atoms with van der Waals surface area (Å²) in [6.45, 7) is 8.81. The molecule has 1 N–H and O–H groups in total. The van der Waals surface area contributed by atoms with Gasteiger partial charge in [0.1, 0.15) is 11.6 Å². The molecule has 4 rings (SSSR count). The zero-order valence-electron chi connectivity index (χ0n) is 22.4. The summed E-state index contributed by atoms with van der Waals surface area (Å²) in [4.78, 5) is 17.2. The molecule has 0 saturated heterocycles. The van der Waals surface area contributed by atoms with Crippen molar-refractivity contribution in [1.82, 2.24) is 14.9 Å². The number of hydrogen-bond donors (Lipinski definition) is 1. The van der Waals surface area contributed by atoms with E-state index in [0.717, 1.165) is 48.4 Å². The fraction of sp³-hybridized carbons (Fsp3) is 0.375. The molecule has 0 bridgehead atoms. The van der Waals surface area contributed by atoms with E-state index in [1.807, 2.05) is 24.3 Å². The van der Waals surface area contributed by atoms with Crippen molar-refractivity contribution in [2.75, 3.05) is 13.2 Å². The number of ether oxygens (including phenoxy) is 1. The van der Waals surface area contributed by atoms with E-state index in [4.69, 9.17) is 9.72 Å². The van der Waals surface area contributed by atoms with E-state index in [1.165, 1.54) is 11.1 Å². The minimum Gasteiger partial charge on any atom is -0.494 e. The smallest absolute Gasteiger partial charge is 0.220 e. The van der Waals surface area contributed by atoms with E-state index < -0.39 is 0 Å². The third-order valence-corrected chi connectivity index (χ3v) is 6.65. The summed E-state index contributed by atoms with van der Waals surface area (Å²) >= 11 is 0. The Morgan fingerprint density at radius 1 is 0.892 bits per heavy atom. The van der Waals surface area contributed by atoms with Crippen LogP contribution in [0.5, 0.6) is 5.75 Å². The van der Waals surface area contributed by atoms with Crippen molar-refractivity contribution in [3.8, 4) is 5.75 Å². The van der Waals surface area contributed by atoms with Gasteiger partial charge in [-0.25, -0.2) is 4.98 Å². The lowest BCUT2D eigenvalue weighted by Crippen LogP contribution is -2.26. The van der Waals surface area contributed by atoms with Crippen LogP contribution in [0.4, 0.5) is 0 Å². The topological polar surface area (TPSA) is 56.1 Å². The molecule has 0 radical (unpaired) electrons. The predicted octanol–water partition coefficient (Wildman–Crippen LogP) is 6.48. The molecular weight excluding hydrogens is 458 g/mol. The Kier molecular flexibility index (Phi) is 8.99. The van der Waals surface area contributed by atoms with Crippen LogP contribution in [0.2, 0.25) is 0 Å². The zero-order valence-corrected chi connectivity index (χ0v) is 22.4. The van der Waals surface area contributed by atoms with Gasteiger partial charge in [-0.05, 0) is 60.1 Å². The van der Waals surface area contributed by atoms with Gasteiger partial charge in [-0.1, -0.05) is 75.4 Å². The van der Waals surface area contributed by atoms with Crippen molar-refractivity contribution in [3.63, 3.8) is 0 Å². The van der Waals surface area contributed by atoms with Crippen molar-refractivity contribution in [2.45, 2.75) is 64.8 Å². The van der Waals surface area contributed by atoms with Gasteiger partial charge < -0.3 is 14.6 Å². The minimum absolute atomic E-state index is 0.0826. The zero-order chi connectivity index (χ0) is 26.1. The number of imidazole rings is 1. The van der Waals surface area contributed by atoms with E-state index in [9.17, 15) is 4.79 Å². The van der Waals surface area contributed by atoms with Crippen LogP contribution < -0.4 is 10.1 Å². The lowest BCUT2D eigenvalue weighted by molar-refractivity contribution is -0.121. The molecule has 0 aliphatic heterocycles. The number of aromatic nitrogens is 2. The quantitative estimate of drug-likeness (QED) is 0.228. The molecule has 5 heteroatoms. The first-order valence-electron chi connectivity index (χ1n) is 13.4. The van der Waals surface area contributed by atoms with Crippen molar-refractivity contribution in [3.05, 3.63) is 95.8 Å². The number of hydrogen-bond acceptors (Lipinski definition) is 3. The SMILES string of the molecule is CC(C)(C)c1ccc(OCCCCn2c(CCNC(=O)CCc3ccccc3)nc3ccccc32)cc1. The van der Waals surface area contributed by atoms with Crippen molar-refractivity contribution in [1.29, 1.82) is 0 Å². The van der Waals surface area contributed by atoms with Gasteiger partial charge in [0.05, 0.1) is 17.6 Å². The monoisotopic (exact) mass is 497 g/mol. The molecule has 37 heavy (non-hydrogen) atoms. The molecule has 1 aromatic heterocycles. The molecule has 3 aromatic carbocycles. The molecule has 4 aromatic rings. The van der Waals surface area contributed by atoms with Crippen molar-refractivity contribution < 1.29 is 9.53 Å². The Bertz CT molecular complexity index is 1270. The first-order valence-corrected chi connectivity index (χ1v) is 13.4. The number of fused-ring (bicyclic) bond motifs is 1. The molecule has 0 unspecified atom stereocenters. The highest BCUT2D eigenvalue weighted by atomic mass is 16.5. The number of aryl methyl sites for hydroxylation is 2. The molecule has 1 heterocycles.